The summed E-state index contributed by atoms with van der Waals surface area (Å²) in [6.45, 7) is 6.47. The number of hydrogen-bond acceptors (Lipinski definition) is 3. The molecule has 3 rings (SSSR count). The fourth-order valence-electron chi connectivity index (χ4n) is 3.65. The number of ether oxygens (including phenoxy) is 1. The number of rotatable bonds is 4. The van der Waals surface area contributed by atoms with E-state index in [-0.39, 0.29) is 12.1 Å². The number of alkyl halides is 3. The van der Waals surface area contributed by atoms with E-state index in [4.69, 9.17) is 4.74 Å². The van der Waals surface area contributed by atoms with Gasteiger partial charge in [-0.3, -0.25) is 0 Å². The summed E-state index contributed by atoms with van der Waals surface area (Å²) in [7, 11) is 0. The van der Waals surface area contributed by atoms with Crippen molar-refractivity contribution in [1.29, 1.82) is 0 Å². The Morgan fingerprint density at radius 2 is 1.96 bits per heavy atom. The number of amides is 1. The van der Waals surface area contributed by atoms with Gasteiger partial charge in [-0.25, -0.2) is 9.18 Å². The first kappa shape index (κ1) is 20.9. The molecule has 28 heavy (non-hydrogen) atoms. The number of likely N-dealkylation sites (tertiary alicyclic amines) is 1. The topological polar surface area (TPSA) is 41.6 Å². The average Bonchev–Trinajstić information content (AvgIpc) is 3.19. The summed E-state index contributed by atoms with van der Waals surface area (Å²) in [6.07, 6.45) is -2.09. The van der Waals surface area contributed by atoms with Gasteiger partial charge < -0.3 is 15.0 Å². The molecule has 1 saturated heterocycles. The molecular weight excluding hydrogens is 376 g/mol. The van der Waals surface area contributed by atoms with Crippen LogP contribution in [0.25, 0.3) is 0 Å². The molecule has 1 aliphatic heterocycles. The number of carbonyl (C=O) groups excluding carboxylic acids is 1. The van der Waals surface area contributed by atoms with Crippen LogP contribution >= 0.6 is 0 Å². The molecule has 1 unspecified atom stereocenters. The Morgan fingerprint density at radius 3 is 2.54 bits per heavy atom. The van der Waals surface area contributed by atoms with E-state index >= 15 is 0 Å². The van der Waals surface area contributed by atoms with Gasteiger partial charge in [-0.15, -0.1) is 0 Å². The van der Waals surface area contributed by atoms with Gasteiger partial charge in [0.25, 0.3) is 0 Å². The number of nitrogens with zero attached hydrogens (tertiary/aromatic N) is 1. The second kappa shape index (κ2) is 7.21. The molecule has 1 atom stereocenters. The molecule has 4 nitrogen and oxygen atoms in total. The minimum atomic E-state index is -4.73. The maximum atomic E-state index is 13.6. The highest BCUT2D eigenvalue weighted by molar-refractivity contribution is 5.69. The predicted molar refractivity (Wildman–Crippen MR) is 96.3 cm³/mol. The van der Waals surface area contributed by atoms with E-state index in [1.165, 1.54) is 6.07 Å². The normalized spacial score (nSPS) is 21.7. The average molecular weight is 402 g/mol. The summed E-state index contributed by atoms with van der Waals surface area (Å²) in [6, 6.07) is 3.11. The molecule has 0 bridgehead atoms. The summed E-state index contributed by atoms with van der Waals surface area (Å²) in [5.74, 6) is -1.26. The van der Waals surface area contributed by atoms with E-state index in [1.54, 1.807) is 25.7 Å². The van der Waals surface area contributed by atoms with Gasteiger partial charge in [-0.1, -0.05) is 6.07 Å². The van der Waals surface area contributed by atoms with Crippen molar-refractivity contribution in [3.63, 3.8) is 0 Å². The van der Waals surface area contributed by atoms with Crippen molar-refractivity contribution >= 4 is 6.09 Å². The Balaban J connectivity index is 1.68. The Morgan fingerprint density at radius 1 is 1.29 bits per heavy atom. The van der Waals surface area contributed by atoms with Gasteiger partial charge in [0.1, 0.15) is 11.4 Å². The number of carbonyl (C=O) groups is 1. The minimum Gasteiger partial charge on any atom is -0.444 e. The highest BCUT2D eigenvalue weighted by atomic mass is 19.4. The van der Waals surface area contributed by atoms with Crippen LogP contribution in [-0.4, -0.2) is 35.7 Å². The summed E-state index contributed by atoms with van der Waals surface area (Å²) in [4.78, 5) is 14.1. The van der Waals surface area contributed by atoms with E-state index in [0.29, 0.717) is 31.5 Å². The second-order valence-corrected chi connectivity index (χ2v) is 8.63. The van der Waals surface area contributed by atoms with Crippen molar-refractivity contribution in [1.82, 2.24) is 10.2 Å². The maximum absolute atomic E-state index is 13.6. The van der Waals surface area contributed by atoms with Gasteiger partial charge in [0, 0.05) is 24.7 Å². The Labute approximate surface area is 162 Å². The van der Waals surface area contributed by atoms with Crippen molar-refractivity contribution in [3.05, 3.63) is 35.1 Å². The monoisotopic (exact) mass is 402 g/mol. The third-order valence-electron chi connectivity index (χ3n) is 5.26. The summed E-state index contributed by atoms with van der Waals surface area (Å²) in [5, 5.41) is 3.33. The molecule has 0 radical (unpaired) electrons. The van der Waals surface area contributed by atoms with E-state index in [2.05, 4.69) is 5.32 Å². The van der Waals surface area contributed by atoms with Gasteiger partial charge >= 0.3 is 12.3 Å². The van der Waals surface area contributed by atoms with Gasteiger partial charge in [-0.05, 0) is 64.2 Å². The molecule has 0 spiro atoms. The van der Waals surface area contributed by atoms with Crippen LogP contribution in [0, 0.1) is 5.82 Å². The van der Waals surface area contributed by atoms with Gasteiger partial charge in [0.2, 0.25) is 0 Å². The van der Waals surface area contributed by atoms with Gasteiger partial charge in [0.15, 0.2) is 0 Å². The fraction of sp³-hybridized carbons (Fsp3) is 0.650. The van der Waals surface area contributed by atoms with E-state index in [9.17, 15) is 22.4 Å². The van der Waals surface area contributed by atoms with Crippen LogP contribution in [0.4, 0.5) is 22.4 Å². The predicted octanol–water partition coefficient (Wildman–Crippen LogP) is 4.82. The second-order valence-electron chi connectivity index (χ2n) is 8.63. The minimum absolute atomic E-state index is 0.0742. The largest absolute Gasteiger partial charge is 0.444 e. The van der Waals surface area contributed by atoms with Crippen LogP contribution in [-0.2, 0) is 16.5 Å². The molecule has 2 aliphatic rings. The molecule has 0 aromatic heterocycles. The lowest BCUT2D eigenvalue weighted by Crippen LogP contribution is -2.46. The smallest absolute Gasteiger partial charge is 0.419 e. The first-order valence-corrected chi connectivity index (χ1v) is 9.53. The van der Waals surface area contributed by atoms with E-state index < -0.39 is 28.7 Å². The summed E-state index contributed by atoms with van der Waals surface area (Å²) >= 11 is 0. The summed E-state index contributed by atoms with van der Waals surface area (Å²) < 4.78 is 58.1. The lowest BCUT2D eigenvalue weighted by Gasteiger charge is -2.30. The quantitative estimate of drug-likeness (QED) is 0.734. The van der Waals surface area contributed by atoms with E-state index in [0.717, 1.165) is 25.0 Å². The van der Waals surface area contributed by atoms with Gasteiger partial charge in [-0.2, -0.15) is 13.2 Å². The number of nitrogens with one attached hydrogen (secondary N) is 1. The third-order valence-corrected chi connectivity index (χ3v) is 5.26. The lowest BCUT2D eigenvalue weighted by molar-refractivity contribution is -0.140. The van der Waals surface area contributed by atoms with Gasteiger partial charge in [0.05, 0.1) is 5.56 Å². The highest BCUT2D eigenvalue weighted by Crippen LogP contribution is 2.47. The maximum Gasteiger partial charge on any atom is 0.419 e. The highest BCUT2D eigenvalue weighted by Gasteiger charge is 2.46. The van der Waals surface area contributed by atoms with Crippen molar-refractivity contribution in [2.45, 2.75) is 69.8 Å². The zero-order chi connectivity index (χ0) is 20.7. The first-order valence-electron chi connectivity index (χ1n) is 9.53. The molecule has 1 aromatic rings. The van der Waals surface area contributed by atoms with Crippen molar-refractivity contribution in [2.75, 3.05) is 13.1 Å². The molecule has 1 saturated carbocycles. The Hall–Kier alpha value is -1.83. The fourth-order valence-corrected chi connectivity index (χ4v) is 3.65. The molecule has 1 heterocycles. The standard InChI is InChI=1S/C20H26F4N2O2/c1-18(2,3)28-17(27)26-10-4-5-14(26)12-25-19(8-9-19)13-6-7-16(21)15(11-13)20(22,23)24/h6-7,11,14,25H,4-5,8-10,12H2,1-3H3. The molecule has 156 valence electrons. The van der Waals surface area contributed by atoms with E-state index in [1.807, 2.05) is 0 Å². The van der Waals surface area contributed by atoms with Crippen LogP contribution in [0.2, 0.25) is 0 Å². The molecule has 1 amide bonds. The van der Waals surface area contributed by atoms with Crippen LogP contribution in [0.1, 0.15) is 57.6 Å². The molecule has 8 heteroatoms. The third kappa shape index (κ3) is 4.59. The van der Waals surface area contributed by atoms with Crippen molar-refractivity contribution in [2.24, 2.45) is 0 Å². The molecule has 1 aliphatic carbocycles. The van der Waals surface area contributed by atoms with Crippen LogP contribution in [0.3, 0.4) is 0 Å². The summed E-state index contributed by atoms with van der Waals surface area (Å²) in [5.41, 5.74) is -1.98. The Kier molecular flexibility index (Phi) is 5.38. The molecular formula is C20H26F4N2O2. The van der Waals surface area contributed by atoms with Crippen molar-refractivity contribution in [3.8, 4) is 0 Å². The molecule has 2 fully saturated rings. The zero-order valence-corrected chi connectivity index (χ0v) is 16.3. The van der Waals surface area contributed by atoms with Crippen LogP contribution < -0.4 is 5.32 Å². The first-order chi connectivity index (χ1) is 12.9. The Bertz CT molecular complexity index is 739. The molecule has 1 N–H and O–H groups in total. The lowest BCUT2D eigenvalue weighted by atomic mass is 10.0. The number of halogens is 4. The number of hydrogen-bond donors (Lipinski definition) is 1. The van der Waals surface area contributed by atoms with Crippen LogP contribution in [0.15, 0.2) is 18.2 Å². The SMILES string of the molecule is CC(C)(C)OC(=O)N1CCCC1CNC1(c2ccc(F)c(C(F)(F)F)c2)CC1. The van der Waals surface area contributed by atoms with Crippen LogP contribution in [0.5, 0.6) is 0 Å². The molecule has 1 aromatic carbocycles. The zero-order valence-electron chi connectivity index (χ0n) is 16.3. The van der Waals surface area contributed by atoms with Crippen molar-refractivity contribution < 1.29 is 27.1 Å². The number of benzene rings is 1.